The number of carbonyl (C=O) groups is 3. The van der Waals surface area contributed by atoms with Crippen LogP contribution in [0.3, 0.4) is 0 Å². The number of nitrogens with one attached hydrogen (secondary N) is 1. The van der Waals surface area contributed by atoms with E-state index in [-0.39, 0.29) is 42.8 Å². The molecule has 9 heteroatoms. The van der Waals surface area contributed by atoms with E-state index in [1.807, 2.05) is 0 Å². The Labute approximate surface area is 190 Å². The summed E-state index contributed by atoms with van der Waals surface area (Å²) < 4.78 is 20.7. The zero-order chi connectivity index (χ0) is 23.5. The molecule has 1 saturated heterocycles. The molecule has 0 aliphatic carbocycles. The number of anilines is 2. The van der Waals surface area contributed by atoms with Crippen LogP contribution in [0.15, 0.2) is 54.7 Å². The molecule has 0 bridgehead atoms. The molecule has 1 aliphatic rings. The predicted octanol–water partition coefficient (Wildman–Crippen LogP) is 3.49. The summed E-state index contributed by atoms with van der Waals surface area (Å²) in [5.74, 6) is -2.16. The van der Waals surface area contributed by atoms with Gasteiger partial charge < -0.3 is 15.0 Å². The molecule has 1 unspecified atom stereocenters. The number of ether oxygens (including phenoxy) is 1. The van der Waals surface area contributed by atoms with E-state index >= 15 is 0 Å². The zero-order valence-corrected chi connectivity index (χ0v) is 18.2. The molecule has 2 heterocycles. The molecular formula is C24H23FN4O4. The fourth-order valence-corrected chi connectivity index (χ4v) is 3.67. The highest BCUT2D eigenvalue weighted by Crippen LogP contribution is 2.29. The van der Waals surface area contributed by atoms with Crippen molar-refractivity contribution in [3.05, 3.63) is 71.8 Å². The number of aromatic nitrogens is 2. The van der Waals surface area contributed by atoms with E-state index in [1.54, 1.807) is 62.5 Å². The molecule has 1 atom stereocenters. The van der Waals surface area contributed by atoms with E-state index < -0.39 is 17.7 Å². The van der Waals surface area contributed by atoms with Crippen LogP contribution in [0.2, 0.25) is 0 Å². The summed E-state index contributed by atoms with van der Waals surface area (Å²) in [6.07, 6.45) is 1.66. The van der Waals surface area contributed by atoms with Crippen molar-refractivity contribution >= 4 is 29.2 Å². The third-order valence-corrected chi connectivity index (χ3v) is 5.36. The highest BCUT2D eigenvalue weighted by atomic mass is 19.1. The van der Waals surface area contributed by atoms with Gasteiger partial charge in [0.2, 0.25) is 11.8 Å². The molecule has 33 heavy (non-hydrogen) atoms. The quantitative estimate of drug-likeness (QED) is 0.581. The predicted molar refractivity (Wildman–Crippen MR) is 120 cm³/mol. The number of esters is 1. The Morgan fingerprint density at radius 1 is 1.18 bits per heavy atom. The van der Waals surface area contributed by atoms with Gasteiger partial charge in [0.1, 0.15) is 5.82 Å². The lowest BCUT2D eigenvalue weighted by molar-refractivity contribution is -0.122. The summed E-state index contributed by atoms with van der Waals surface area (Å²) in [6.45, 7) is 3.88. The maximum absolute atomic E-state index is 14.3. The van der Waals surface area contributed by atoms with E-state index in [4.69, 9.17) is 4.74 Å². The first-order valence-corrected chi connectivity index (χ1v) is 10.6. The van der Waals surface area contributed by atoms with E-state index in [0.29, 0.717) is 11.4 Å². The fourth-order valence-electron chi connectivity index (χ4n) is 3.67. The maximum Gasteiger partial charge on any atom is 0.358 e. The summed E-state index contributed by atoms with van der Waals surface area (Å²) >= 11 is 0. The van der Waals surface area contributed by atoms with Crippen molar-refractivity contribution in [2.24, 2.45) is 5.92 Å². The second kappa shape index (κ2) is 9.23. The van der Waals surface area contributed by atoms with E-state index in [1.165, 1.54) is 15.6 Å². The first-order valence-electron chi connectivity index (χ1n) is 10.6. The van der Waals surface area contributed by atoms with E-state index in [2.05, 4.69) is 10.4 Å². The van der Waals surface area contributed by atoms with Crippen molar-refractivity contribution in [2.45, 2.75) is 20.3 Å². The van der Waals surface area contributed by atoms with Crippen molar-refractivity contribution < 1.29 is 23.5 Å². The van der Waals surface area contributed by atoms with Gasteiger partial charge in [-0.25, -0.2) is 13.9 Å². The van der Waals surface area contributed by atoms with Crippen LogP contribution in [0.25, 0.3) is 5.69 Å². The molecule has 0 spiro atoms. The molecule has 1 aliphatic heterocycles. The van der Waals surface area contributed by atoms with Crippen LogP contribution < -0.4 is 10.2 Å². The standard InChI is InChI=1S/C24H23FN4O4/c1-3-33-24(32)20-10-11-29(27-20)18-7-5-17(6-8-18)26-23(31)16-13-22(30)28(14-16)21-9-4-15(2)12-19(21)25/h4-12,16H,3,13-14H2,1-2H3,(H,26,31). The van der Waals surface area contributed by atoms with Crippen LogP contribution >= 0.6 is 0 Å². The Hall–Kier alpha value is -4.01. The van der Waals surface area contributed by atoms with Crippen LogP contribution in [0.1, 0.15) is 29.4 Å². The lowest BCUT2D eigenvalue weighted by Gasteiger charge is -2.18. The normalized spacial score (nSPS) is 15.5. The third-order valence-electron chi connectivity index (χ3n) is 5.36. The van der Waals surface area contributed by atoms with Crippen molar-refractivity contribution in [3.63, 3.8) is 0 Å². The Morgan fingerprint density at radius 3 is 2.64 bits per heavy atom. The first kappa shape index (κ1) is 22.2. The van der Waals surface area contributed by atoms with Gasteiger partial charge in [-0.3, -0.25) is 9.59 Å². The maximum atomic E-state index is 14.3. The summed E-state index contributed by atoms with van der Waals surface area (Å²) in [5, 5.41) is 7.00. The molecule has 2 aromatic carbocycles. The van der Waals surface area contributed by atoms with Crippen molar-refractivity contribution in [1.29, 1.82) is 0 Å². The van der Waals surface area contributed by atoms with Gasteiger partial charge in [0.25, 0.3) is 0 Å². The average molecular weight is 450 g/mol. The van der Waals surface area contributed by atoms with Crippen molar-refractivity contribution in [1.82, 2.24) is 9.78 Å². The number of carbonyl (C=O) groups excluding carboxylic acids is 3. The van der Waals surface area contributed by atoms with Gasteiger partial charge in [-0.05, 0) is 61.9 Å². The lowest BCUT2D eigenvalue weighted by Crippen LogP contribution is -2.28. The molecule has 3 aromatic rings. The molecule has 2 amide bonds. The number of hydrogen-bond acceptors (Lipinski definition) is 5. The van der Waals surface area contributed by atoms with Crippen LogP contribution in [-0.4, -0.2) is 40.7 Å². The van der Waals surface area contributed by atoms with Gasteiger partial charge in [0, 0.05) is 24.8 Å². The minimum absolute atomic E-state index is 0.0150. The highest BCUT2D eigenvalue weighted by molar-refractivity contribution is 6.03. The molecular weight excluding hydrogens is 427 g/mol. The van der Waals surface area contributed by atoms with Gasteiger partial charge >= 0.3 is 5.97 Å². The Balaban J connectivity index is 1.40. The first-order chi connectivity index (χ1) is 15.9. The molecule has 1 aromatic heterocycles. The Kier molecular flexibility index (Phi) is 6.21. The minimum atomic E-state index is -0.587. The third kappa shape index (κ3) is 4.77. The number of benzene rings is 2. The van der Waals surface area contributed by atoms with Crippen molar-refractivity contribution in [2.75, 3.05) is 23.4 Å². The summed E-state index contributed by atoms with van der Waals surface area (Å²) in [4.78, 5) is 38.2. The van der Waals surface area contributed by atoms with Crippen LogP contribution in [0.4, 0.5) is 15.8 Å². The largest absolute Gasteiger partial charge is 0.461 e. The second-order valence-corrected chi connectivity index (χ2v) is 7.76. The lowest BCUT2D eigenvalue weighted by atomic mass is 10.1. The number of halogens is 1. The summed E-state index contributed by atoms with van der Waals surface area (Å²) in [7, 11) is 0. The van der Waals surface area contributed by atoms with Crippen LogP contribution in [0, 0.1) is 18.7 Å². The van der Waals surface area contributed by atoms with Gasteiger partial charge in [-0.1, -0.05) is 6.07 Å². The topological polar surface area (TPSA) is 93.5 Å². The zero-order valence-electron chi connectivity index (χ0n) is 18.2. The minimum Gasteiger partial charge on any atom is -0.461 e. The number of amides is 2. The van der Waals surface area contributed by atoms with Crippen LogP contribution in [-0.2, 0) is 14.3 Å². The molecule has 170 valence electrons. The van der Waals surface area contributed by atoms with Gasteiger partial charge in [-0.15, -0.1) is 0 Å². The summed E-state index contributed by atoms with van der Waals surface area (Å²) in [5.41, 5.74) is 2.39. The Bertz CT molecular complexity index is 1210. The average Bonchev–Trinajstić information content (AvgIpc) is 3.42. The monoisotopic (exact) mass is 450 g/mol. The Morgan fingerprint density at radius 2 is 1.94 bits per heavy atom. The molecule has 1 fully saturated rings. The van der Waals surface area contributed by atoms with E-state index in [9.17, 15) is 18.8 Å². The van der Waals surface area contributed by atoms with E-state index in [0.717, 1.165) is 5.56 Å². The van der Waals surface area contributed by atoms with Crippen molar-refractivity contribution in [3.8, 4) is 5.69 Å². The van der Waals surface area contributed by atoms with Gasteiger partial charge in [-0.2, -0.15) is 5.10 Å². The number of aryl methyl sites for hydroxylation is 1. The highest BCUT2D eigenvalue weighted by Gasteiger charge is 2.36. The van der Waals surface area contributed by atoms with Gasteiger partial charge in [0.15, 0.2) is 5.69 Å². The number of rotatable bonds is 6. The number of hydrogen-bond donors (Lipinski definition) is 1. The number of nitrogens with zero attached hydrogens (tertiary/aromatic N) is 3. The SMILES string of the molecule is CCOC(=O)c1ccn(-c2ccc(NC(=O)C3CC(=O)N(c4ccc(C)cc4F)C3)cc2)n1. The fraction of sp³-hybridized carbons (Fsp3) is 0.250. The van der Waals surface area contributed by atoms with Gasteiger partial charge in [0.05, 0.1) is 23.9 Å². The smallest absolute Gasteiger partial charge is 0.358 e. The molecule has 4 rings (SSSR count). The molecule has 1 N–H and O–H groups in total. The molecule has 0 saturated carbocycles. The summed E-state index contributed by atoms with van der Waals surface area (Å²) in [6, 6.07) is 13.1. The van der Waals surface area contributed by atoms with Crippen LogP contribution in [0.5, 0.6) is 0 Å². The second-order valence-electron chi connectivity index (χ2n) is 7.76. The molecule has 8 nitrogen and oxygen atoms in total. The molecule has 0 radical (unpaired) electrons.